The van der Waals surface area contributed by atoms with Gasteiger partial charge in [0.05, 0.1) is 6.54 Å². The maximum absolute atomic E-state index is 5.80. The van der Waals surface area contributed by atoms with E-state index in [-0.39, 0.29) is 0 Å². The van der Waals surface area contributed by atoms with Gasteiger partial charge in [-0.05, 0) is 31.5 Å². The summed E-state index contributed by atoms with van der Waals surface area (Å²) < 4.78 is 0. The van der Waals surface area contributed by atoms with Crippen molar-refractivity contribution in [2.75, 3.05) is 29.5 Å². The number of anilines is 1. The number of hydrogen-bond donors (Lipinski definition) is 2. The Labute approximate surface area is 125 Å². The van der Waals surface area contributed by atoms with Gasteiger partial charge in [0.15, 0.2) is 5.96 Å². The minimum absolute atomic E-state index is 0.318. The number of guanidine groups is 1. The van der Waals surface area contributed by atoms with Gasteiger partial charge in [0, 0.05) is 36.3 Å². The highest BCUT2D eigenvalue weighted by Gasteiger charge is 2.10. The van der Waals surface area contributed by atoms with E-state index in [9.17, 15) is 0 Å². The van der Waals surface area contributed by atoms with Gasteiger partial charge in [0.2, 0.25) is 0 Å². The summed E-state index contributed by atoms with van der Waals surface area (Å²) in [4.78, 5) is 6.79. The van der Waals surface area contributed by atoms with Crippen molar-refractivity contribution in [1.29, 1.82) is 0 Å². The van der Waals surface area contributed by atoms with Crippen molar-refractivity contribution < 1.29 is 0 Å². The molecule has 0 saturated carbocycles. The minimum atomic E-state index is 0.318. The van der Waals surface area contributed by atoms with Crippen molar-refractivity contribution in [2.24, 2.45) is 10.7 Å². The molecule has 0 radical (unpaired) electrons. The van der Waals surface area contributed by atoms with Gasteiger partial charge in [-0.2, -0.15) is 11.8 Å². The maximum Gasteiger partial charge on any atom is 0.189 e. The molecule has 1 aliphatic heterocycles. The second-order valence-corrected chi connectivity index (χ2v) is 6.49. The Balaban J connectivity index is 1.91. The van der Waals surface area contributed by atoms with Crippen LogP contribution in [-0.2, 0) is 6.54 Å². The van der Waals surface area contributed by atoms with Crippen LogP contribution in [0.25, 0.3) is 0 Å². The molecule has 0 bridgehead atoms. The molecule has 1 aromatic carbocycles. The summed E-state index contributed by atoms with van der Waals surface area (Å²) in [7, 11) is 0. The number of hydrogen-bond acceptors (Lipinski definition) is 3. The molecule has 1 fully saturated rings. The van der Waals surface area contributed by atoms with Gasteiger partial charge in [-0.3, -0.25) is 0 Å². The molecule has 4 nitrogen and oxygen atoms in total. The molecule has 1 aliphatic rings. The van der Waals surface area contributed by atoms with Gasteiger partial charge in [-0.25, -0.2) is 4.99 Å². The van der Waals surface area contributed by atoms with Crippen LogP contribution in [0.3, 0.4) is 0 Å². The molecule has 0 aliphatic carbocycles. The molecular formula is C15H24N4S. The van der Waals surface area contributed by atoms with E-state index in [0.717, 1.165) is 13.1 Å². The van der Waals surface area contributed by atoms with Crippen LogP contribution in [0.1, 0.15) is 19.4 Å². The van der Waals surface area contributed by atoms with Crippen LogP contribution < -0.4 is 16.0 Å². The number of rotatable bonds is 4. The first-order chi connectivity index (χ1) is 9.65. The van der Waals surface area contributed by atoms with E-state index in [4.69, 9.17) is 5.73 Å². The van der Waals surface area contributed by atoms with Crippen LogP contribution >= 0.6 is 11.8 Å². The Morgan fingerprint density at radius 2 is 1.95 bits per heavy atom. The van der Waals surface area contributed by atoms with Crippen molar-refractivity contribution in [3.63, 3.8) is 0 Å². The van der Waals surface area contributed by atoms with E-state index in [1.807, 2.05) is 25.6 Å². The zero-order valence-electron chi connectivity index (χ0n) is 12.3. The highest BCUT2D eigenvalue weighted by atomic mass is 32.2. The fraction of sp³-hybridized carbons (Fsp3) is 0.533. The first kappa shape index (κ1) is 15.0. The number of nitrogens with one attached hydrogen (secondary N) is 1. The number of benzene rings is 1. The van der Waals surface area contributed by atoms with Gasteiger partial charge in [-0.1, -0.05) is 12.1 Å². The Hall–Kier alpha value is -1.36. The summed E-state index contributed by atoms with van der Waals surface area (Å²) in [5, 5.41) is 3.09. The van der Waals surface area contributed by atoms with Gasteiger partial charge in [-0.15, -0.1) is 0 Å². The lowest BCUT2D eigenvalue weighted by Gasteiger charge is -2.28. The van der Waals surface area contributed by atoms with Crippen molar-refractivity contribution in [2.45, 2.75) is 26.4 Å². The molecule has 20 heavy (non-hydrogen) atoms. The van der Waals surface area contributed by atoms with E-state index in [1.54, 1.807) is 0 Å². The average Bonchev–Trinajstić information content (AvgIpc) is 2.46. The fourth-order valence-electron chi connectivity index (χ4n) is 2.15. The first-order valence-electron chi connectivity index (χ1n) is 7.13. The van der Waals surface area contributed by atoms with Gasteiger partial charge >= 0.3 is 0 Å². The molecule has 0 unspecified atom stereocenters. The molecule has 1 heterocycles. The number of nitrogens with two attached hydrogens (primary N) is 1. The fourth-order valence-corrected chi connectivity index (χ4v) is 3.05. The summed E-state index contributed by atoms with van der Waals surface area (Å²) in [5.74, 6) is 2.96. The third-order valence-corrected chi connectivity index (χ3v) is 4.12. The smallest absolute Gasteiger partial charge is 0.189 e. The third kappa shape index (κ3) is 4.63. The Bertz CT molecular complexity index is 436. The van der Waals surface area contributed by atoms with Crippen molar-refractivity contribution in [1.82, 2.24) is 5.32 Å². The van der Waals surface area contributed by atoms with E-state index < -0.39 is 0 Å². The largest absolute Gasteiger partial charge is 0.370 e. The van der Waals surface area contributed by atoms with E-state index >= 15 is 0 Å². The van der Waals surface area contributed by atoms with Crippen LogP contribution in [-0.4, -0.2) is 36.6 Å². The van der Waals surface area contributed by atoms with Crippen LogP contribution in [0, 0.1) is 0 Å². The Kier molecular flexibility index (Phi) is 5.59. The summed E-state index contributed by atoms with van der Waals surface area (Å²) in [5.41, 5.74) is 8.30. The lowest BCUT2D eigenvalue weighted by atomic mass is 10.2. The molecule has 0 atom stereocenters. The molecule has 2 rings (SSSR count). The number of aliphatic imine (C=N–C) groups is 1. The van der Waals surface area contributed by atoms with Crippen molar-refractivity contribution in [3.05, 3.63) is 29.8 Å². The topological polar surface area (TPSA) is 53.6 Å². The van der Waals surface area contributed by atoms with E-state index in [1.165, 1.54) is 22.8 Å². The van der Waals surface area contributed by atoms with E-state index in [0.29, 0.717) is 18.5 Å². The van der Waals surface area contributed by atoms with Crippen LogP contribution in [0.15, 0.2) is 29.3 Å². The molecule has 5 heteroatoms. The zero-order valence-corrected chi connectivity index (χ0v) is 13.1. The zero-order chi connectivity index (χ0) is 14.4. The second kappa shape index (κ2) is 7.43. The quantitative estimate of drug-likeness (QED) is 0.659. The van der Waals surface area contributed by atoms with Gasteiger partial charge in [0.1, 0.15) is 0 Å². The number of nitrogens with zero attached hydrogens (tertiary/aromatic N) is 2. The van der Waals surface area contributed by atoms with Crippen LogP contribution in [0.5, 0.6) is 0 Å². The van der Waals surface area contributed by atoms with E-state index in [2.05, 4.69) is 39.5 Å². The molecule has 1 saturated heterocycles. The van der Waals surface area contributed by atoms with Gasteiger partial charge in [0.25, 0.3) is 0 Å². The normalized spacial score (nSPS) is 16.6. The standard InChI is InChI=1S/C15H24N4S/c1-12(2)18-15(16)17-11-13-3-5-14(6-4-13)19-7-9-20-10-8-19/h3-6,12H,7-11H2,1-2H3,(H3,16,17,18). The van der Waals surface area contributed by atoms with Gasteiger partial charge < -0.3 is 16.0 Å². The molecule has 0 aromatic heterocycles. The highest BCUT2D eigenvalue weighted by molar-refractivity contribution is 7.99. The maximum atomic E-state index is 5.80. The predicted octanol–water partition coefficient (Wildman–Crippen LogP) is 2.05. The average molecular weight is 292 g/mol. The van der Waals surface area contributed by atoms with Crippen LogP contribution in [0.2, 0.25) is 0 Å². The summed E-state index contributed by atoms with van der Waals surface area (Å²) in [6, 6.07) is 8.98. The molecule has 0 spiro atoms. The lowest BCUT2D eigenvalue weighted by Crippen LogP contribution is -2.36. The van der Waals surface area contributed by atoms with Crippen LogP contribution in [0.4, 0.5) is 5.69 Å². The lowest BCUT2D eigenvalue weighted by molar-refractivity contribution is 0.723. The summed E-state index contributed by atoms with van der Waals surface area (Å²) in [6.45, 7) is 7.02. The van der Waals surface area contributed by atoms with Crippen molar-refractivity contribution >= 4 is 23.4 Å². The molecule has 1 aromatic rings. The number of thioether (sulfide) groups is 1. The Morgan fingerprint density at radius 1 is 1.30 bits per heavy atom. The van der Waals surface area contributed by atoms with Crippen molar-refractivity contribution in [3.8, 4) is 0 Å². The monoisotopic (exact) mass is 292 g/mol. The third-order valence-electron chi connectivity index (χ3n) is 3.18. The highest BCUT2D eigenvalue weighted by Crippen LogP contribution is 2.20. The minimum Gasteiger partial charge on any atom is -0.370 e. The predicted molar refractivity (Wildman–Crippen MR) is 89.6 cm³/mol. The second-order valence-electron chi connectivity index (χ2n) is 5.27. The molecule has 0 amide bonds. The summed E-state index contributed by atoms with van der Waals surface area (Å²) in [6.07, 6.45) is 0. The first-order valence-corrected chi connectivity index (χ1v) is 8.28. The summed E-state index contributed by atoms with van der Waals surface area (Å²) >= 11 is 2.03. The Morgan fingerprint density at radius 3 is 2.55 bits per heavy atom. The molecule has 3 N–H and O–H groups in total. The SMILES string of the molecule is CC(C)NC(N)=NCc1ccc(N2CCSCC2)cc1. The molecule has 110 valence electrons. The molecular weight excluding hydrogens is 268 g/mol.